The van der Waals surface area contributed by atoms with E-state index in [4.69, 9.17) is 0 Å². The first-order valence-electron chi connectivity index (χ1n) is 14.5. The highest BCUT2D eigenvalue weighted by atomic mass is 19.3. The molecule has 3 aromatic rings. The average molecular weight is 608 g/mol. The smallest absolute Gasteiger partial charge is 0.276 e. The summed E-state index contributed by atoms with van der Waals surface area (Å²) < 4.78 is 77.5. The van der Waals surface area contributed by atoms with Crippen LogP contribution < -0.4 is 5.32 Å². The number of aryl methyl sites for hydroxylation is 1. The summed E-state index contributed by atoms with van der Waals surface area (Å²) in [5.74, 6) is -7.06. The van der Waals surface area contributed by atoms with Crippen LogP contribution in [0.3, 0.4) is 0 Å². The molecule has 15 heteroatoms. The van der Waals surface area contributed by atoms with Gasteiger partial charge in [-0.3, -0.25) is 9.59 Å². The van der Waals surface area contributed by atoms with E-state index in [9.17, 15) is 31.5 Å². The lowest BCUT2D eigenvalue weighted by Crippen LogP contribution is -2.71. The number of nitrogens with one attached hydrogen (secondary N) is 1. The molecule has 1 aliphatic heterocycles. The van der Waals surface area contributed by atoms with Gasteiger partial charge in [0.2, 0.25) is 11.8 Å². The zero-order chi connectivity index (χ0) is 30.4. The third-order valence-corrected chi connectivity index (χ3v) is 9.72. The molecule has 4 aliphatic carbocycles. The molecule has 10 nitrogen and oxygen atoms in total. The summed E-state index contributed by atoms with van der Waals surface area (Å²) >= 11 is 0. The van der Waals surface area contributed by atoms with Crippen molar-refractivity contribution >= 4 is 17.5 Å². The molecule has 3 aromatic heterocycles. The molecule has 5 aliphatic rings. The number of carbonyl (C=O) groups is 2. The van der Waals surface area contributed by atoms with Crippen molar-refractivity contribution < 1.29 is 36.2 Å². The minimum atomic E-state index is -3.00. The van der Waals surface area contributed by atoms with Crippen molar-refractivity contribution in [3.63, 3.8) is 0 Å². The number of piperidine rings is 1. The molecule has 1 N–H and O–H groups in total. The summed E-state index contributed by atoms with van der Waals surface area (Å²) in [6.07, 6.45) is 1.88. The van der Waals surface area contributed by atoms with Gasteiger partial charge in [0.15, 0.2) is 11.3 Å². The molecule has 43 heavy (non-hydrogen) atoms. The molecular formula is C28H30F5N7O3. The first-order chi connectivity index (χ1) is 20.3. The summed E-state index contributed by atoms with van der Waals surface area (Å²) in [5.41, 5.74) is -0.898. The van der Waals surface area contributed by atoms with Gasteiger partial charge in [-0.2, -0.15) is 5.10 Å². The van der Waals surface area contributed by atoms with E-state index in [0.717, 1.165) is 0 Å². The van der Waals surface area contributed by atoms with E-state index in [2.05, 4.69) is 30.3 Å². The molecule has 5 fully saturated rings. The van der Waals surface area contributed by atoms with E-state index in [1.165, 1.54) is 15.6 Å². The number of likely N-dealkylation sites (tertiary alicyclic amines) is 1. The Morgan fingerprint density at radius 3 is 2.42 bits per heavy atom. The minimum Gasteiger partial charge on any atom is -0.342 e. The molecule has 1 saturated heterocycles. The minimum absolute atomic E-state index is 0.0410. The second kappa shape index (κ2) is 9.42. The average Bonchev–Trinajstić information content (AvgIpc) is 3.54. The van der Waals surface area contributed by atoms with E-state index in [1.807, 2.05) is 0 Å². The van der Waals surface area contributed by atoms with Crippen LogP contribution in [-0.4, -0.2) is 65.7 Å². The number of carbonyl (C=O) groups excluding carboxylic acids is 2. The standard InChI is InChI=1S/C28H30F5N7O3/c1-15-21(38-43-37-15)23(41)36-22(16-2-4-27(30,31)5-3-16)18-11-40-20(35-18)8-17(10-34-40)19-9-28(32,33)6-7-39(19)24(42)25-12-26(29,13-25)14-25/h8,10-11,16,19,22H,2-7,9,12-14H2,1H3,(H,36,41)/t19?,22-,25?,26?/m0/s1. The van der Waals surface area contributed by atoms with Gasteiger partial charge in [-0.1, -0.05) is 5.16 Å². The number of amides is 2. The van der Waals surface area contributed by atoms with Crippen molar-refractivity contribution in [2.24, 2.45) is 11.3 Å². The second-order valence-corrected chi connectivity index (χ2v) is 12.9. The third-order valence-electron chi connectivity index (χ3n) is 9.72. The van der Waals surface area contributed by atoms with Gasteiger partial charge in [0.25, 0.3) is 11.8 Å². The summed E-state index contributed by atoms with van der Waals surface area (Å²) in [7, 11) is 0. The van der Waals surface area contributed by atoms with Gasteiger partial charge < -0.3 is 10.2 Å². The van der Waals surface area contributed by atoms with Crippen LogP contribution in [0.1, 0.15) is 97.3 Å². The highest BCUT2D eigenvalue weighted by Crippen LogP contribution is 2.70. The van der Waals surface area contributed by atoms with Gasteiger partial charge in [-0.15, -0.1) is 0 Å². The van der Waals surface area contributed by atoms with E-state index < -0.39 is 53.8 Å². The third kappa shape index (κ3) is 4.84. The number of imidazole rings is 1. The Morgan fingerprint density at radius 2 is 1.77 bits per heavy atom. The second-order valence-electron chi connectivity index (χ2n) is 12.9. The molecule has 0 spiro atoms. The summed E-state index contributed by atoms with van der Waals surface area (Å²) in [6.45, 7) is 1.39. The number of halogens is 5. The Kier molecular flexibility index (Phi) is 6.17. The van der Waals surface area contributed by atoms with Gasteiger partial charge >= 0.3 is 0 Å². The van der Waals surface area contributed by atoms with Gasteiger partial charge in [-0.25, -0.2) is 36.1 Å². The molecule has 230 valence electrons. The largest absolute Gasteiger partial charge is 0.342 e. The van der Waals surface area contributed by atoms with Crippen LogP contribution in [0.15, 0.2) is 23.1 Å². The van der Waals surface area contributed by atoms with Gasteiger partial charge in [0.1, 0.15) is 11.4 Å². The number of alkyl halides is 5. The maximum absolute atomic E-state index is 14.6. The molecular weight excluding hydrogens is 577 g/mol. The Bertz CT molecular complexity index is 1580. The van der Waals surface area contributed by atoms with Crippen molar-refractivity contribution in [1.82, 2.24) is 35.1 Å². The van der Waals surface area contributed by atoms with Crippen molar-refractivity contribution in [2.45, 2.75) is 94.3 Å². The molecule has 2 bridgehead atoms. The molecule has 2 amide bonds. The molecule has 0 radical (unpaired) electrons. The first kappa shape index (κ1) is 28.1. The summed E-state index contributed by atoms with van der Waals surface area (Å²) in [4.78, 5) is 32.6. The predicted octanol–water partition coefficient (Wildman–Crippen LogP) is 4.91. The van der Waals surface area contributed by atoms with Crippen LogP contribution in [0, 0.1) is 18.3 Å². The quantitative estimate of drug-likeness (QED) is 0.396. The molecule has 4 saturated carbocycles. The van der Waals surface area contributed by atoms with Crippen LogP contribution >= 0.6 is 0 Å². The SMILES string of the molecule is Cc1nonc1C(=O)N[C@H](c1cn2ncc(C3CC(F)(F)CCN3C(=O)C34CC(F)(C3)C4)cc2n1)C1CCC(F)(F)CC1. The summed E-state index contributed by atoms with van der Waals surface area (Å²) in [6, 6.07) is -0.183. The van der Waals surface area contributed by atoms with Crippen molar-refractivity contribution in [1.29, 1.82) is 0 Å². The number of hydrogen-bond donors (Lipinski definition) is 1. The fourth-order valence-corrected chi connectivity index (χ4v) is 7.39. The Labute approximate surface area is 242 Å². The normalized spacial score (nSPS) is 30.4. The Morgan fingerprint density at radius 1 is 1.05 bits per heavy atom. The number of nitrogens with zero attached hydrogens (tertiary/aromatic N) is 6. The topological polar surface area (TPSA) is 119 Å². The maximum Gasteiger partial charge on any atom is 0.276 e. The molecule has 0 aromatic carbocycles. The maximum atomic E-state index is 14.6. The molecule has 1 unspecified atom stereocenters. The monoisotopic (exact) mass is 607 g/mol. The van der Waals surface area contributed by atoms with Crippen molar-refractivity contribution in [3.8, 4) is 0 Å². The van der Waals surface area contributed by atoms with Crippen LogP contribution in [-0.2, 0) is 4.79 Å². The number of rotatable bonds is 6. The van der Waals surface area contributed by atoms with E-state index in [-0.39, 0.29) is 80.4 Å². The van der Waals surface area contributed by atoms with Crippen molar-refractivity contribution in [3.05, 3.63) is 41.1 Å². The highest BCUT2D eigenvalue weighted by molar-refractivity contribution is 5.93. The summed E-state index contributed by atoms with van der Waals surface area (Å²) in [5, 5.41) is 14.5. The van der Waals surface area contributed by atoms with Gasteiger partial charge in [0, 0.05) is 32.2 Å². The Balaban J connectivity index is 1.19. The fourth-order valence-electron chi connectivity index (χ4n) is 7.39. The van der Waals surface area contributed by atoms with Gasteiger partial charge in [0.05, 0.1) is 35.6 Å². The van der Waals surface area contributed by atoms with E-state index in [0.29, 0.717) is 11.3 Å². The van der Waals surface area contributed by atoms with Gasteiger partial charge in [-0.05, 0) is 61.7 Å². The molecule has 4 heterocycles. The van der Waals surface area contributed by atoms with Crippen molar-refractivity contribution in [2.75, 3.05) is 6.54 Å². The van der Waals surface area contributed by atoms with Crippen LogP contribution in [0.2, 0.25) is 0 Å². The number of fused-ring (bicyclic) bond motifs is 1. The lowest BCUT2D eigenvalue weighted by molar-refractivity contribution is -0.227. The molecule has 2 atom stereocenters. The van der Waals surface area contributed by atoms with Crippen LogP contribution in [0.5, 0.6) is 0 Å². The fraction of sp³-hybridized carbons (Fsp3) is 0.643. The predicted molar refractivity (Wildman–Crippen MR) is 138 cm³/mol. The van der Waals surface area contributed by atoms with Crippen LogP contribution in [0.25, 0.3) is 5.65 Å². The van der Waals surface area contributed by atoms with E-state index in [1.54, 1.807) is 19.2 Å². The molecule has 8 rings (SSSR count). The number of aromatic nitrogens is 5. The lowest BCUT2D eigenvalue weighted by atomic mass is 9.41. The van der Waals surface area contributed by atoms with E-state index >= 15 is 0 Å². The zero-order valence-corrected chi connectivity index (χ0v) is 23.3. The highest BCUT2D eigenvalue weighted by Gasteiger charge is 2.74. The zero-order valence-electron chi connectivity index (χ0n) is 23.3. The Hall–Kier alpha value is -3.65. The van der Waals surface area contributed by atoms with Crippen LogP contribution in [0.4, 0.5) is 22.0 Å². The lowest BCUT2D eigenvalue weighted by Gasteiger charge is -2.65. The first-order valence-corrected chi connectivity index (χ1v) is 14.5. The number of hydrogen-bond acceptors (Lipinski definition) is 7.